The Hall–Kier alpha value is -0.600. The highest BCUT2D eigenvalue weighted by atomic mass is 16.7. The van der Waals surface area contributed by atoms with Crippen molar-refractivity contribution in [3.8, 4) is 0 Å². The smallest absolute Gasteiger partial charge is 0.157 e. The Bertz CT molecular complexity index is 774. The van der Waals surface area contributed by atoms with Crippen LogP contribution >= 0.6 is 0 Å². The van der Waals surface area contributed by atoms with Crippen LogP contribution in [-0.2, 0) is 9.47 Å². The second-order valence-electron chi connectivity index (χ2n) is 13.7. The molecule has 1 aliphatic heterocycles. The maximum Gasteiger partial charge on any atom is 0.157 e. The summed E-state index contributed by atoms with van der Waals surface area (Å²) < 4.78 is 12.4. The van der Waals surface area contributed by atoms with Crippen LogP contribution in [0.5, 0.6) is 0 Å². The molecule has 1 saturated heterocycles. The molecule has 1 heterocycles. The van der Waals surface area contributed by atoms with Crippen molar-refractivity contribution in [1.82, 2.24) is 0 Å². The van der Waals surface area contributed by atoms with Crippen LogP contribution in [0.15, 0.2) is 23.3 Å². The van der Waals surface area contributed by atoms with E-state index in [4.69, 9.17) is 9.47 Å². The summed E-state index contributed by atoms with van der Waals surface area (Å²) in [6, 6.07) is 0. The highest BCUT2D eigenvalue weighted by Crippen LogP contribution is 2.67. The van der Waals surface area contributed by atoms with Gasteiger partial charge >= 0.3 is 0 Å². The van der Waals surface area contributed by atoms with Crippen LogP contribution < -0.4 is 0 Å². The predicted octanol–water partition coefficient (Wildman–Crippen LogP) is 8.86. The first-order chi connectivity index (χ1) is 16.3. The summed E-state index contributed by atoms with van der Waals surface area (Å²) in [7, 11) is 0. The molecule has 0 N–H and O–H groups in total. The molecule has 0 radical (unpaired) electrons. The fraction of sp³-hybridized carbons (Fsp3) is 0.875. The molecule has 0 bridgehead atoms. The van der Waals surface area contributed by atoms with E-state index in [1.165, 1.54) is 70.6 Å². The monoisotopic (exact) mass is 468 g/mol. The summed E-state index contributed by atoms with van der Waals surface area (Å²) >= 11 is 0. The van der Waals surface area contributed by atoms with Crippen LogP contribution in [0.3, 0.4) is 0 Å². The molecule has 0 spiro atoms. The van der Waals surface area contributed by atoms with Crippen LogP contribution in [0.4, 0.5) is 0 Å². The third-order valence-corrected chi connectivity index (χ3v) is 11.3. The summed E-state index contributed by atoms with van der Waals surface area (Å²) in [6.07, 6.45) is 22.7. The Kier molecular flexibility index (Phi) is 7.40. The lowest BCUT2D eigenvalue weighted by atomic mass is 9.47. The summed E-state index contributed by atoms with van der Waals surface area (Å²) in [5.41, 5.74) is 4.39. The van der Waals surface area contributed by atoms with Gasteiger partial charge in [-0.2, -0.15) is 0 Å². The molecule has 192 valence electrons. The first-order valence-corrected chi connectivity index (χ1v) is 14.9. The Morgan fingerprint density at radius 2 is 1.94 bits per heavy atom. The van der Waals surface area contributed by atoms with Gasteiger partial charge in [-0.15, -0.1) is 0 Å². The van der Waals surface area contributed by atoms with Crippen molar-refractivity contribution in [3.05, 3.63) is 23.3 Å². The summed E-state index contributed by atoms with van der Waals surface area (Å²) in [5, 5.41) is 0. The number of rotatable bonds is 6. The number of allylic oxidation sites excluding steroid dienone is 3. The standard InChI is InChI=1S/C32H52O2/c1-22(2)9-8-10-23(3)27-14-15-28-26-13-12-24-21-25(34-30-11-6-7-20-33-30)16-18-31(24,4)29(26)17-19-32(27,28)5/h10,12,22,25-30H,6-9,11,13-21H2,1-5H3/t25-,26?,27+,28?,29?,30?,31-,32+/m0/s1. The number of hydrogen-bond acceptors (Lipinski definition) is 2. The van der Waals surface area contributed by atoms with Crippen LogP contribution in [0, 0.1) is 40.4 Å². The molecular formula is C32H52O2. The zero-order chi connectivity index (χ0) is 23.9. The van der Waals surface area contributed by atoms with E-state index in [-0.39, 0.29) is 6.29 Å². The molecule has 4 fully saturated rings. The van der Waals surface area contributed by atoms with Gasteiger partial charge in [0.05, 0.1) is 6.10 Å². The Morgan fingerprint density at radius 1 is 1.09 bits per heavy atom. The minimum atomic E-state index is 0.0580. The van der Waals surface area contributed by atoms with Crippen molar-refractivity contribution in [2.45, 2.75) is 130 Å². The van der Waals surface area contributed by atoms with E-state index < -0.39 is 0 Å². The Balaban J connectivity index is 1.27. The second-order valence-corrected chi connectivity index (χ2v) is 13.7. The lowest BCUT2D eigenvalue weighted by Gasteiger charge is -2.58. The summed E-state index contributed by atoms with van der Waals surface area (Å²) in [6.45, 7) is 13.4. The van der Waals surface area contributed by atoms with Crippen molar-refractivity contribution >= 4 is 0 Å². The zero-order valence-corrected chi connectivity index (χ0v) is 22.9. The van der Waals surface area contributed by atoms with Gasteiger partial charge in [0.2, 0.25) is 0 Å². The maximum absolute atomic E-state index is 6.47. The Labute approximate surface area is 210 Å². The van der Waals surface area contributed by atoms with E-state index in [2.05, 4.69) is 46.8 Å². The molecule has 5 aliphatic rings. The van der Waals surface area contributed by atoms with E-state index in [1.807, 2.05) is 0 Å². The summed E-state index contributed by atoms with van der Waals surface area (Å²) in [5.74, 6) is 4.35. The molecular weight excluding hydrogens is 416 g/mol. The molecule has 0 aromatic carbocycles. The van der Waals surface area contributed by atoms with Crippen molar-refractivity contribution in [1.29, 1.82) is 0 Å². The maximum atomic E-state index is 6.47. The average Bonchev–Trinajstić information content (AvgIpc) is 3.17. The highest BCUT2D eigenvalue weighted by molar-refractivity contribution is 5.26. The fourth-order valence-corrected chi connectivity index (χ4v) is 9.31. The number of hydrogen-bond donors (Lipinski definition) is 0. The molecule has 0 aromatic rings. The van der Waals surface area contributed by atoms with Crippen molar-refractivity contribution in [3.63, 3.8) is 0 Å². The molecule has 2 nitrogen and oxygen atoms in total. The lowest BCUT2D eigenvalue weighted by molar-refractivity contribution is -0.195. The van der Waals surface area contributed by atoms with E-state index in [0.29, 0.717) is 16.9 Å². The Morgan fingerprint density at radius 3 is 2.71 bits per heavy atom. The largest absolute Gasteiger partial charge is 0.353 e. The van der Waals surface area contributed by atoms with E-state index in [9.17, 15) is 0 Å². The third-order valence-electron chi connectivity index (χ3n) is 11.3. The van der Waals surface area contributed by atoms with E-state index in [1.54, 1.807) is 11.1 Å². The molecule has 3 saturated carbocycles. The van der Waals surface area contributed by atoms with Gasteiger partial charge in [-0.25, -0.2) is 0 Å². The molecule has 4 aliphatic carbocycles. The normalized spacial score (nSPS) is 44.9. The zero-order valence-electron chi connectivity index (χ0n) is 22.9. The van der Waals surface area contributed by atoms with Gasteiger partial charge in [0.15, 0.2) is 6.29 Å². The predicted molar refractivity (Wildman–Crippen MR) is 141 cm³/mol. The van der Waals surface area contributed by atoms with Gasteiger partial charge in [-0.05, 0) is 131 Å². The average molecular weight is 469 g/mol. The molecule has 5 rings (SSSR count). The highest BCUT2D eigenvalue weighted by Gasteiger charge is 2.58. The first kappa shape index (κ1) is 25.1. The second kappa shape index (κ2) is 10.0. The van der Waals surface area contributed by atoms with Gasteiger partial charge in [0.25, 0.3) is 0 Å². The van der Waals surface area contributed by atoms with Gasteiger partial charge in [0.1, 0.15) is 0 Å². The molecule has 0 aromatic heterocycles. The van der Waals surface area contributed by atoms with Crippen molar-refractivity contribution in [2.24, 2.45) is 40.4 Å². The topological polar surface area (TPSA) is 18.5 Å². The molecule has 2 heteroatoms. The molecule has 8 atom stereocenters. The van der Waals surface area contributed by atoms with Crippen LogP contribution in [0.2, 0.25) is 0 Å². The lowest BCUT2D eigenvalue weighted by Crippen LogP contribution is -2.50. The number of fused-ring (bicyclic) bond motifs is 5. The van der Waals surface area contributed by atoms with Gasteiger partial charge in [-0.3, -0.25) is 0 Å². The van der Waals surface area contributed by atoms with Crippen molar-refractivity contribution < 1.29 is 9.47 Å². The minimum Gasteiger partial charge on any atom is -0.353 e. The van der Waals surface area contributed by atoms with Crippen LogP contribution in [0.25, 0.3) is 0 Å². The molecule has 0 amide bonds. The third kappa shape index (κ3) is 4.60. The van der Waals surface area contributed by atoms with Crippen molar-refractivity contribution in [2.75, 3.05) is 6.61 Å². The van der Waals surface area contributed by atoms with Gasteiger partial charge in [-0.1, -0.05) is 51.0 Å². The first-order valence-electron chi connectivity index (χ1n) is 14.9. The van der Waals surface area contributed by atoms with Crippen LogP contribution in [0.1, 0.15) is 118 Å². The van der Waals surface area contributed by atoms with E-state index >= 15 is 0 Å². The number of ether oxygens (including phenoxy) is 2. The minimum absolute atomic E-state index is 0.0580. The fourth-order valence-electron chi connectivity index (χ4n) is 9.31. The summed E-state index contributed by atoms with van der Waals surface area (Å²) in [4.78, 5) is 0. The SMILES string of the molecule is CC(=CCCC(C)C)[C@H]1CCC2C3CC=C4C[C@@H](OC5CCCCO5)CC[C@]4(C)C3CC[C@@]21C. The molecule has 34 heavy (non-hydrogen) atoms. The quantitative estimate of drug-likeness (QED) is 0.362. The van der Waals surface area contributed by atoms with Gasteiger partial charge in [0, 0.05) is 6.61 Å². The van der Waals surface area contributed by atoms with E-state index in [0.717, 1.165) is 49.0 Å². The van der Waals surface area contributed by atoms with Crippen LogP contribution in [-0.4, -0.2) is 19.0 Å². The molecule has 4 unspecified atom stereocenters. The van der Waals surface area contributed by atoms with Gasteiger partial charge < -0.3 is 9.47 Å².